The highest BCUT2D eigenvalue weighted by Crippen LogP contribution is 2.14. The molecule has 18 heavy (non-hydrogen) atoms. The second-order valence-corrected chi connectivity index (χ2v) is 4.43. The van der Waals surface area contributed by atoms with E-state index in [-0.39, 0.29) is 18.1 Å². The van der Waals surface area contributed by atoms with Gasteiger partial charge in [0, 0.05) is 25.0 Å². The largest absolute Gasteiger partial charge is 0.462 e. The van der Waals surface area contributed by atoms with Crippen molar-refractivity contribution in [1.82, 2.24) is 4.90 Å². The Kier molecular flexibility index (Phi) is 5.85. The van der Waals surface area contributed by atoms with Crippen molar-refractivity contribution in [1.29, 1.82) is 0 Å². The maximum absolute atomic E-state index is 11.4. The summed E-state index contributed by atoms with van der Waals surface area (Å²) in [7, 11) is 0. The molecule has 0 N–H and O–H groups in total. The highest BCUT2D eigenvalue weighted by Gasteiger charge is 2.25. The number of hydrogen-bond donors (Lipinski definition) is 0. The Morgan fingerprint density at radius 1 is 1.50 bits per heavy atom. The lowest BCUT2D eigenvalue weighted by Crippen LogP contribution is -2.36. The molecule has 0 aromatic heterocycles. The van der Waals surface area contributed by atoms with E-state index < -0.39 is 0 Å². The van der Waals surface area contributed by atoms with Crippen molar-refractivity contribution in [2.75, 3.05) is 19.8 Å². The van der Waals surface area contributed by atoms with Crippen LogP contribution in [0.25, 0.3) is 0 Å². The molecule has 1 rings (SSSR count). The third-order valence-electron chi connectivity index (χ3n) is 2.78. The van der Waals surface area contributed by atoms with Crippen molar-refractivity contribution in [3.8, 4) is 0 Å². The van der Waals surface area contributed by atoms with Gasteiger partial charge >= 0.3 is 5.97 Å². The number of carbonyl (C=O) groups excluding carboxylic acids is 2. The summed E-state index contributed by atoms with van der Waals surface area (Å²) in [5.74, 6) is -0.228. The first-order chi connectivity index (χ1) is 8.52. The summed E-state index contributed by atoms with van der Waals surface area (Å²) in [6.45, 7) is 8.52. The summed E-state index contributed by atoms with van der Waals surface area (Å²) in [6.07, 6.45) is 1.94. The summed E-state index contributed by atoms with van der Waals surface area (Å²) >= 11 is 0. The molecule has 1 fully saturated rings. The minimum absolute atomic E-state index is 0.149. The molecule has 1 heterocycles. The molecule has 0 aromatic rings. The Balaban J connectivity index is 2.09. The van der Waals surface area contributed by atoms with Crippen molar-refractivity contribution in [3.05, 3.63) is 12.2 Å². The van der Waals surface area contributed by atoms with Gasteiger partial charge in [-0.25, -0.2) is 4.79 Å². The second-order valence-electron chi connectivity index (χ2n) is 4.43. The third-order valence-corrected chi connectivity index (χ3v) is 2.78. The van der Waals surface area contributed by atoms with Crippen LogP contribution in [0.1, 0.15) is 33.1 Å². The summed E-state index contributed by atoms with van der Waals surface area (Å²) in [4.78, 5) is 24.2. The van der Waals surface area contributed by atoms with Crippen LogP contribution in [0.2, 0.25) is 0 Å². The smallest absolute Gasteiger partial charge is 0.333 e. The molecule has 5 heteroatoms. The van der Waals surface area contributed by atoms with Gasteiger partial charge in [-0.15, -0.1) is 0 Å². The summed E-state index contributed by atoms with van der Waals surface area (Å²) < 4.78 is 10.5. The van der Waals surface area contributed by atoms with E-state index in [1.807, 2.05) is 6.92 Å². The number of amides is 1. The molecular weight excluding hydrogens is 234 g/mol. The van der Waals surface area contributed by atoms with E-state index in [2.05, 4.69) is 6.58 Å². The van der Waals surface area contributed by atoms with E-state index in [0.29, 0.717) is 31.6 Å². The molecule has 1 saturated heterocycles. The van der Waals surface area contributed by atoms with E-state index in [0.717, 1.165) is 13.0 Å². The Morgan fingerprint density at radius 3 is 2.78 bits per heavy atom. The third kappa shape index (κ3) is 4.49. The molecule has 0 saturated carbocycles. The molecule has 0 bridgehead atoms. The van der Waals surface area contributed by atoms with Gasteiger partial charge in [0.05, 0.1) is 13.2 Å². The number of esters is 1. The summed E-state index contributed by atoms with van der Waals surface area (Å²) in [5, 5.41) is 0. The van der Waals surface area contributed by atoms with Crippen LogP contribution in [0.15, 0.2) is 12.2 Å². The van der Waals surface area contributed by atoms with E-state index in [9.17, 15) is 9.59 Å². The van der Waals surface area contributed by atoms with Crippen LogP contribution >= 0.6 is 0 Å². The molecule has 0 spiro atoms. The van der Waals surface area contributed by atoms with Crippen LogP contribution < -0.4 is 0 Å². The quantitative estimate of drug-likeness (QED) is 0.393. The zero-order chi connectivity index (χ0) is 13.5. The average Bonchev–Trinajstić information content (AvgIpc) is 2.74. The summed E-state index contributed by atoms with van der Waals surface area (Å²) in [6, 6.07) is 0. The predicted octanol–water partition coefficient (Wildman–Crippen LogP) is 1.48. The van der Waals surface area contributed by atoms with Crippen LogP contribution in [-0.4, -0.2) is 42.8 Å². The molecule has 1 amide bonds. The molecule has 1 atom stereocenters. The van der Waals surface area contributed by atoms with Crippen molar-refractivity contribution in [2.45, 2.75) is 39.3 Å². The number of likely N-dealkylation sites (tertiary alicyclic amines) is 1. The van der Waals surface area contributed by atoms with E-state index in [1.54, 1.807) is 11.8 Å². The summed E-state index contributed by atoms with van der Waals surface area (Å²) in [5.41, 5.74) is 0.395. The van der Waals surface area contributed by atoms with Gasteiger partial charge in [-0.3, -0.25) is 4.79 Å². The lowest BCUT2D eigenvalue weighted by molar-refractivity contribution is -0.141. The van der Waals surface area contributed by atoms with Crippen molar-refractivity contribution < 1.29 is 19.1 Å². The highest BCUT2D eigenvalue weighted by molar-refractivity contribution is 5.86. The molecule has 0 aliphatic carbocycles. The number of rotatable bonds is 7. The molecule has 0 aromatic carbocycles. The maximum atomic E-state index is 11.4. The molecular formula is C13H21NO4. The van der Waals surface area contributed by atoms with Gasteiger partial charge in [0.1, 0.15) is 6.23 Å². The predicted molar refractivity (Wildman–Crippen MR) is 66.8 cm³/mol. The SMILES string of the molecule is C=C(C)C(=O)OCCCOC(C)N1CCCC1=O. The van der Waals surface area contributed by atoms with E-state index in [4.69, 9.17) is 9.47 Å². The van der Waals surface area contributed by atoms with Crippen molar-refractivity contribution in [3.63, 3.8) is 0 Å². The number of ether oxygens (including phenoxy) is 2. The fourth-order valence-corrected chi connectivity index (χ4v) is 1.74. The molecule has 1 unspecified atom stereocenters. The van der Waals surface area contributed by atoms with Crippen molar-refractivity contribution >= 4 is 11.9 Å². The maximum Gasteiger partial charge on any atom is 0.333 e. The van der Waals surface area contributed by atoms with Crippen LogP contribution in [0.3, 0.4) is 0 Å². The number of carbonyl (C=O) groups is 2. The van der Waals surface area contributed by atoms with Crippen LogP contribution in [0.4, 0.5) is 0 Å². The van der Waals surface area contributed by atoms with Gasteiger partial charge in [0.15, 0.2) is 0 Å². The molecule has 5 nitrogen and oxygen atoms in total. The average molecular weight is 255 g/mol. The van der Waals surface area contributed by atoms with Gasteiger partial charge in [-0.05, 0) is 20.3 Å². The fourth-order valence-electron chi connectivity index (χ4n) is 1.74. The first-order valence-corrected chi connectivity index (χ1v) is 6.26. The molecule has 1 aliphatic rings. The van der Waals surface area contributed by atoms with E-state index in [1.165, 1.54) is 0 Å². The lowest BCUT2D eigenvalue weighted by Gasteiger charge is -2.24. The number of nitrogens with zero attached hydrogens (tertiary/aromatic N) is 1. The van der Waals surface area contributed by atoms with Crippen LogP contribution in [0, 0.1) is 0 Å². The molecule has 0 radical (unpaired) electrons. The van der Waals surface area contributed by atoms with Gasteiger partial charge < -0.3 is 14.4 Å². The standard InChI is InChI=1S/C13H21NO4/c1-10(2)13(16)18-9-5-8-17-11(3)14-7-4-6-12(14)15/h11H,1,4-9H2,2-3H3. The lowest BCUT2D eigenvalue weighted by atomic mass is 10.4. The molecule has 102 valence electrons. The normalized spacial score (nSPS) is 16.8. The first-order valence-electron chi connectivity index (χ1n) is 6.26. The number of hydrogen-bond acceptors (Lipinski definition) is 4. The topological polar surface area (TPSA) is 55.8 Å². The van der Waals surface area contributed by atoms with Crippen molar-refractivity contribution in [2.24, 2.45) is 0 Å². The van der Waals surface area contributed by atoms with Gasteiger partial charge in [-0.2, -0.15) is 0 Å². The zero-order valence-electron chi connectivity index (χ0n) is 11.1. The first kappa shape index (κ1) is 14.7. The van der Waals surface area contributed by atoms with Crippen LogP contribution in [-0.2, 0) is 19.1 Å². The second kappa shape index (κ2) is 7.16. The monoisotopic (exact) mass is 255 g/mol. The molecule has 1 aliphatic heterocycles. The Hall–Kier alpha value is -1.36. The van der Waals surface area contributed by atoms with Gasteiger partial charge in [-0.1, -0.05) is 6.58 Å². The highest BCUT2D eigenvalue weighted by atomic mass is 16.5. The Labute approximate surface area is 108 Å². The van der Waals surface area contributed by atoms with Gasteiger partial charge in [0.25, 0.3) is 0 Å². The van der Waals surface area contributed by atoms with Crippen LogP contribution in [0.5, 0.6) is 0 Å². The Morgan fingerprint density at radius 2 is 2.22 bits per heavy atom. The minimum atomic E-state index is -0.377. The Bertz CT molecular complexity index is 327. The van der Waals surface area contributed by atoms with E-state index >= 15 is 0 Å². The fraction of sp³-hybridized carbons (Fsp3) is 0.692. The minimum Gasteiger partial charge on any atom is -0.462 e. The van der Waals surface area contributed by atoms with Gasteiger partial charge in [0.2, 0.25) is 5.91 Å². The zero-order valence-corrected chi connectivity index (χ0v) is 11.1.